The highest BCUT2D eigenvalue weighted by Gasteiger charge is 2.15. The first-order valence-electron chi connectivity index (χ1n) is 9.61. The van der Waals surface area contributed by atoms with Crippen LogP contribution in [0.3, 0.4) is 0 Å². The minimum Gasteiger partial charge on any atom is -0.497 e. The van der Waals surface area contributed by atoms with Crippen molar-refractivity contribution in [3.05, 3.63) is 77.9 Å². The molecule has 0 aliphatic heterocycles. The number of para-hydroxylation sites is 1. The summed E-state index contributed by atoms with van der Waals surface area (Å²) in [6, 6.07) is 22.0. The van der Waals surface area contributed by atoms with Gasteiger partial charge in [0.25, 0.3) is 0 Å². The van der Waals surface area contributed by atoms with E-state index in [9.17, 15) is 0 Å². The van der Waals surface area contributed by atoms with Crippen LogP contribution in [0.1, 0.15) is 11.1 Å². The minimum atomic E-state index is 0.715. The van der Waals surface area contributed by atoms with Gasteiger partial charge in [0, 0.05) is 29.6 Å². The van der Waals surface area contributed by atoms with E-state index >= 15 is 0 Å². The number of nitrogens with zero attached hydrogens (tertiary/aromatic N) is 1. The summed E-state index contributed by atoms with van der Waals surface area (Å²) in [5, 5.41) is 1.12. The lowest BCUT2D eigenvalue weighted by Gasteiger charge is -2.07. The standard InChI is InChI=1S/C26H23NO3/c1-27-25-8-6-5-7-23(25)24(26(27)19-10-12-20(28-2)13-11-19)14-9-18-15-21(29-3)17-22(16-18)30-4/h5-8,10-13,15-17H,1-4H3. The van der Waals surface area contributed by atoms with E-state index < -0.39 is 0 Å². The number of hydrogen-bond donors (Lipinski definition) is 0. The molecule has 0 N–H and O–H groups in total. The van der Waals surface area contributed by atoms with Crippen LogP contribution in [0.2, 0.25) is 0 Å². The van der Waals surface area contributed by atoms with Gasteiger partial charge in [-0.1, -0.05) is 30.0 Å². The quantitative estimate of drug-likeness (QED) is 0.440. The lowest BCUT2D eigenvalue weighted by Crippen LogP contribution is -1.93. The largest absolute Gasteiger partial charge is 0.497 e. The van der Waals surface area contributed by atoms with E-state index in [2.05, 4.69) is 47.7 Å². The van der Waals surface area contributed by atoms with Gasteiger partial charge in [0.05, 0.1) is 32.6 Å². The number of benzene rings is 3. The molecule has 4 rings (SSSR count). The average molecular weight is 397 g/mol. The number of ether oxygens (including phenoxy) is 3. The molecule has 0 radical (unpaired) electrons. The molecular weight excluding hydrogens is 374 g/mol. The van der Waals surface area contributed by atoms with E-state index in [4.69, 9.17) is 14.2 Å². The fraction of sp³-hybridized carbons (Fsp3) is 0.154. The highest BCUT2D eigenvalue weighted by Crippen LogP contribution is 2.33. The summed E-state index contributed by atoms with van der Waals surface area (Å²) >= 11 is 0. The average Bonchev–Trinajstić information content (AvgIpc) is 3.09. The van der Waals surface area contributed by atoms with Crippen molar-refractivity contribution in [2.75, 3.05) is 21.3 Å². The van der Waals surface area contributed by atoms with E-state index in [1.807, 2.05) is 42.5 Å². The van der Waals surface area contributed by atoms with Crippen molar-refractivity contribution < 1.29 is 14.2 Å². The Hall–Kier alpha value is -3.84. The Morgan fingerprint density at radius 1 is 0.700 bits per heavy atom. The molecule has 4 nitrogen and oxygen atoms in total. The summed E-state index contributed by atoms with van der Waals surface area (Å²) in [5.74, 6) is 8.97. The normalized spacial score (nSPS) is 10.4. The maximum atomic E-state index is 5.37. The molecule has 0 saturated carbocycles. The topological polar surface area (TPSA) is 32.6 Å². The molecule has 0 atom stereocenters. The number of fused-ring (bicyclic) bond motifs is 1. The first-order chi connectivity index (χ1) is 14.6. The summed E-state index contributed by atoms with van der Waals surface area (Å²) in [4.78, 5) is 0. The van der Waals surface area contributed by atoms with Crippen LogP contribution in [0.4, 0.5) is 0 Å². The predicted octanol–water partition coefficient (Wildman–Crippen LogP) is 5.27. The highest BCUT2D eigenvalue weighted by molar-refractivity contribution is 5.95. The van der Waals surface area contributed by atoms with Crippen molar-refractivity contribution in [3.63, 3.8) is 0 Å². The summed E-state index contributed by atoms with van der Waals surface area (Å²) in [7, 11) is 7.02. The minimum absolute atomic E-state index is 0.715. The van der Waals surface area contributed by atoms with Gasteiger partial charge in [-0.3, -0.25) is 0 Å². The Labute approximate surface area is 176 Å². The second kappa shape index (κ2) is 8.26. The van der Waals surface area contributed by atoms with Gasteiger partial charge in [0.1, 0.15) is 17.2 Å². The van der Waals surface area contributed by atoms with Gasteiger partial charge in [0.2, 0.25) is 0 Å². The molecule has 1 heterocycles. The van der Waals surface area contributed by atoms with Crippen molar-refractivity contribution in [3.8, 4) is 40.3 Å². The lowest BCUT2D eigenvalue weighted by atomic mass is 10.0. The van der Waals surface area contributed by atoms with Crippen LogP contribution in [-0.2, 0) is 7.05 Å². The fourth-order valence-electron chi connectivity index (χ4n) is 3.62. The lowest BCUT2D eigenvalue weighted by molar-refractivity contribution is 0.394. The third-order valence-corrected chi connectivity index (χ3v) is 5.15. The van der Waals surface area contributed by atoms with Gasteiger partial charge in [-0.2, -0.15) is 0 Å². The van der Waals surface area contributed by atoms with Crippen LogP contribution >= 0.6 is 0 Å². The first-order valence-corrected chi connectivity index (χ1v) is 9.61. The number of aryl methyl sites for hydroxylation is 1. The molecule has 30 heavy (non-hydrogen) atoms. The van der Waals surface area contributed by atoms with Crippen molar-refractivity contribution in [1.29, 1.82) is 0 Å². The van der Waals surface area contributed by atoms with Gasteiger partial charge in [-0.25, -0.2) is 0 Å². The molecular formula is C26H23NO3. The second-order valence-electron chi connectivity index (χ2n) is 6.88. The van der Waals surface area contributed by atoms with Crippen molar-refractivity contribution in [2.24, 2.45) is 7.05 Å². The maximum Gasteiger partial charge on any atom is 0.123 e. The summed E-state index contributed by atoms with van der Waals surface area (Å²) in [6.45, 7) is 0. The zero-order valence-corrected chi connectivity index (χ0v) is 17.5. The van der Waals surface area contributed by atoms with Crippen LogP contribution in [0.25, 0.3) is 22.2 Å². The summed E-state index contributed by atoms with van der Waals surface area (Å²) in [5.41, 5.74) is 5.11. The molecule has 4 aromatic rings. The number of hydrogen-bond acceptors (Lipinski definition) is 3. The van der Waals surface area contributed by atoms with E-state index in [1.165, 1.54) is 0 Å². The van der Waals surface area contributed by atoms with Crippen LogP contribution in [0.5, 0.6) is 17.2 Å². The first kappa shape index (κ1) is 19.5. The maximum absolute atomic E-state index is 5.37. The zero-order valence-electron chi connectivity index (χ0n) is 17.5. The summed E-state index contributed by atoms with van der Waals surface area (Å²) in [6.07, 6.45) is 0. The predicted molar refractivity (Wildman–Crippen MR) is 120 cm³/mol. The van der Waals surface area contributed by atoms with Crippen LogP contribution in [0.15, 0.2) is 66.7 Å². The molecule has 3 aromatic carbocycles. The molecule has 150 valence electrons. The molecule has 0 aliphatic rings. The van der Waals surface area contributed by atoms with Gasteiger partial charge in [0.15, 0.2) is 0 Å². The Morgan fingerprint density at radius 3 is 1.97 bits per heavy atom. The molecule has 0 unspecified atom stereocenters. The summed E-state index contributed by atoms with van der Waals surface area (Å²) < 4.78 is 18.3. The molecule has 0 spiro atoms. The highest BCUT2D eigenvalue weighted by atomic mass is 16.5. The van der Waals surface area contributed by atoms with E-state index in [-0.39, 0.29) is 0 Å². The molecule has 1 aromatic heterocycles. The monoisotopic (exact) mass is 397 g/mol. The van der Waals surface area contributed by atoms with Crippen LogP contribution in [-0.4, -0.2) is 25.9 Å². The van der Waals surface area contributed by atoms with E-state index in [0.717, 1.165) is 39.0 Å². The molecule has 0 saturated heterocycles. The van der Waals surface area contributed by atoms with Gasteiger partial charge < -0.3 is 18.8 Å². The van der Waals surface area contributed by atoms with E-state index in [1.54, 1.807) is 21.3 Å². The fourth-order valence-corrected chi connectivity index (χ4v) is 3.62. The molecule has 0 aliphatic carbocycles. The third-order valence-electron chi connectivity index (χ3n) is 5.15. The Kier molecular flexibility index (Phi) is 5.36. The van der Waals surface area contributed by atoms with Gasteiger partial charge in [-0.05, 0) is 48.0 Å². The third kappa shape index (κ3) is 3.58. The number of aromatic nitrogens is 1. The van der Waals surface area contributed by atoms with Crippen LogP contribution < -0.4 is 14.2 Å². The van der Waals surface area contributed by atoms with Gasteiger partial charge in [-0.15, -0.1) is 0 Å². The Balaban J connectivity index is 1.90. The zero-order chi connectivity index (χ0) is 21.1. The van der Waals surface area contributed by atoms with E-state index in [0.29, 0.717) is 11.5 Å². The van der Waals surface area contributed by atoms with Crippen molar-refractivity contribution >= 4 is 10.9 Å². The SMILES string of the molecule is COc1ccc(-c2c(C#Cc3cc(OC)cc(OC)c3)c3ccccc3n2C)cc1. The second-order valence-corrected chi connectivity index (χ2v) is 6.88. The van der Waals surface area contributed by atoms with Gasteiger partial charge >= 0.3 is 0 Å². The Morgan fingerprint density at radius 2 is 1.33 bits per heavy atom. The number of methoxy groups -OCH3 is 3. The molecule has 0 fully saturated rings. The number of rotatable bonds is 4. The van der Waals surface area contributed by atoms with Crippen LogP contribution in [0, 0.1) is 11.8 Å². The Bertz CT molecular complexity index is 1240. The van der Waals surface area contributed by atoms with Crippen molar-refractivity contribution in [2.45, 2.75) is 0 Å². The smallest absolute Gasteiger partial charge is 0.123 e. The molecule has 0 bridgehead atoms. The van der Waals surface area contributed by atoms with Crippen molar-refractivity contribution in [1.82, 2.24) is 4.57 Å². The molecule has 4 heteroatoms. The molecule has 0 amide bonds.